The quantitative estimate of drug-likeness (QED) is 0.910. The van der Waals surface area contributed by atoms with Gasteiger partial charge in [0.25, 0.3) is 0 Å². The molecule has 0 aromatic heterocycles. The first kappa shape index (κ1) is 12.7. The number of aliphatic carboxylic acids is 1. The number of amides is 1. The Bertz CT molecular complexity index is 554. The molecule has 0 radical (unpaired) electrons. The Hall–Kier alpha value is -1.36. The molecule has 19 heavy (non-hydrogen) atoms. The molecule has 4 nitrogen and oxygen atoms in total. The monoisotopic (exact) mass is 323 g/mol. The van der Waals surface area contributed by atoms with Crippen molar-refractivity contribution in [2.75, 3.05) is 11.4 Å². The van der Waals surface area contributed by atoms with Gasteiger partial charge in [0.05, 0.1) is 5.92 Å². The predicted molar refractivity (Wildman–Crippen MR) is 74.2 cm³/mol. The van der Waals surface area contributed by atoms with Crippen LogP contribution in [0.3, 0.4) is 0 Å². The number of benzene rings is 1. The van der Waals surface area contributed by atoms with Crippen LogP contribution in [0.2, 0.25) is 0 Å². The number of anilines is 1. The lowest BCUT2D eigenvalue weighted by molar-refractivity contribution is -0.139. The third-order valence-corrected chi connectivity index (χ3v) is 4.28. The maximum atomic E-state index is 12.3. The minimum absolute atomic E-state index is 0.146. The average Bonchev–Trinajstić information content (AvgIpc) is 3.20. The molecule has 5 heteroatoms. The van der Waals surface area contributed by atoms with E-state index < -0.39 is 11.9 Å². The van der Waals surface area contributed by atoms with E-state index in [0.29, 0.717) is 13.0 Å². The largest absolute Gasteiger partial charge is 0.481 e. The van der Waals surface area contributed by atoms with Crippen LogP contribution in [-0.2, 0) is 9.59 Å². The van der Waals surface area contributed by atoms with Crippen molar-refractivity contribution >= 4 is 33.5 Å². The van der Waals surface area contributed by atoms with Crippen molar-refractivity contribution in [3.63, 3.8) is 0 Å². The number of rotatable bonds is 2. The summed E-state index contributed by atoms with van der Waals surface area (Å²) in [6.07, 6.45) is 2.41. The fourth-order valence-electron chi connectivity index (χ4n) is 2.62. The van der Waals surface area contributed by atoms with Gasteiger partial charge in [-0.2, -0.15) is 0 Å². The molecule has 2 aliphatic rings. The summed E-state index contributed by atoms with van der Waals surface area (Å²) in [5.74, 6) is -1.04. The zero-order valence-corrected chi connectivity index (χ0v) is 11.9. The highest BCUT2D eigenvalue weighted by atomic mass is 79.9. The van der Waals surface area contributed by atoms with E-state index in [1.165, 1.54) is 0 Å². The van der Waals surface area contributed by atoms with E-state index in [1.54, 1.807) is 4.90 Å². The van der Waals surface area contributed by atoms with E-state index >= 15 is 0 Å². The molecular weight excluding hydrogens is 310 g/mol. The molecule has 1 saturated carbocycles. The van der Waals surface area contributed by atoms with Gasteiger partial charge in [-0.3, -0.25) is 9.59 Å². The fourth-order valence-corrected chi connectivity index (χ4v) is 3.00. The van der Waals surface area contributed by atoms with Gasteiger partial charge in [0.15, 0.2) is 0 Å². The van der Waals surface area contributed by atoms with Gasteiger partial charge in [0.2, 0.25) is 5.91 Å². The average molecular weight is 324 g/mol. The highest BCUT2D eigenvalue weighted by Gasteiger charge is 2.38. The van der Waals surface area contributed by atoms with Gasteiger partial charge in [-0.15, -0.1) is 0 Å². The summed E-state index contributed by atoms with van der Waals surface area (Å²) >= 11 is 3.37. The van der Waals surface area contributed by atoms with Crippen LogP contribution in [0.4, 0.5) is 5.69 Å². The van der Waals surface area contributed by atoms with Crippen molar-refractivity contribution in [2.45, 2.75) is 25.2 Å². The van der Waals surface area contributed by atoms with Crippen molar-refractivity contribution in [3.05, 3.63) is 28.2 Å². The minimum atomic E-state index is -0.821. The number of halogens is 1. The molecule has 1 unspecified atom stereocenters. The lowest BCUT2D eigenvalue weighted by Crippen LogP contribution is -2.39. The lowest BCUT2D eigenvalue weighted by Gasteiger charge is -2.33. The molecule has 1 N–H and O–H groups in total. The van der Waals surface area contributed by atoms with Crippen LogP contribution in [0, 0.1) is 5.92 Å². The Balaban J connectivity index is 2.02. The second-order valence-electron chi connectivity index (χ2n) is 5.15. The normalized spacial score (nSPS) is 21.9. The SMILES string of the molecule is O=C(O)C1CCN(C(=O)C2CC2)c2ccc(Br)cc21. The molecule has 1 fully saturated rings. The van der Waals surface area contributed by atoms with Crippen LogP contribution in [0.25, 0.3) is 0 Å². The summed E-state index contributed by atoms with van der Waals surface area (Å²) in [5, 5.41) is 9.30. The standard InChI is InChI=1S/C14H14BrNO3/c15-9-3-4-12-11(7-9)10(14(18)19)5-6-16(12)13(17)8-1-2-8/h3-4,7-8,10H,1-2,5-6H2,(H,18,19). The van der Waals surface area contributed by atoms with Gasteiger partial charge in [-0.25, -0.2) is 0 Å². The molecule has 3 rings (SSSR count). The number of fused-ring (bicyclic) bond motifs is 1. The summed E-state index contributed by atoms with van der Waals surface area (Å²) < 4.78 is 0.846. The van der Waals surface area contributed by atoms with Crippen LogP contribution in [0.15, 0.2) is 22.7 Å². The Morgan fingerprint density at radius 3 is 2.63 bits per heavy atom. The number of nitrogens with zero attached hydrogens (tertiary/aromatic N) is 1. The molecular formula is C14H14BrNO3. The second kappa shape index (κ2) is 4.63. The Labute approximate surface area is 119 Å². The van der Waals surface area contributed by atoms with Crippen LogP contribution in [-0.4, -0.2) is 23.5 Å². The van der Waals surface area contributed by atoms with E-state index in [-0.39, 0.29) is 11.8 Å². The highest BCUT2D eigenvalue weighted by molar-refractivity contribution is 9.10. The summed E-state index contributed by atoms with van der Waals surface area (Å²) in [6, 6.07) is 5.52. The minimum Gasteiger partial charge on any atom is -0.481 e. The van der Waals surface area contributed by atoms with Crippen molar-refractivity contribution in [3.8, 4) is 0 Å². The summed E-state index contributed by atoms with van der Waals surface area (Å²) in [4.78, 5) is 25.3. The number of hydrogen-bond acceptors (Lipinski definition) is 2. The Morgan fingerprint density at radius 2 is 2.00 bits per heavy atom. The van der Waals surface area contributed by atoms with Crippen molar-refractivity contribution < 1.29 is 14.7 Å². The van der Waals surface area contributed by atoms with Gasteiger partial charge < -0.3 is 10.0 Å². The molecule has 1 atom stereocenters. The zero-order valence-electron chi connectivity index (χ0n) is 10.3. The molecule has 0 bridgehead atoms. The lowest BCUT2D eigenvalue weighted by atomic mass is 9.90. The molecule has 1 aromatic rings. The van der Waals surface area contributed by atoms with Gasteiger partial charge in [-0.05, 0) is 43.0 Å². The van der Waals surface area contributed by atoms with Crippen molar-refractivity contribution in [2.24, 2.45) is 5.92 Å². The fraction of sp³-hybridized carbons (Fsp3) is 0.429. The van der Waals surface area contributed by atoms with Crippen molar-refractivity contribution in [1.29, 1.82) is 0 Å². The van der Waals surface area contributed by atoms with E-state index in [9.17, 15) is 14.7 Å². The molecule has 1 aromatic carbocycles. The molecule has 1 heterocycles. The van der Waals surface area contributed by atoms with Crippen molar-refractivity contribution in [1.82, 2.24) is 0 Å². The zero-order chi connectivity index (χ0) is 13.6. The second-order valence-corrected chi connectivity index (χ2v) is 6.06. The molecule has 0 spiro atoms. The first-order valence-corrected chi connectivity index (χ1v) is 7.21. The summed E-state index contributed by atoms with van der Waals surface area (Å²) in [7, 11) is 0. The predicted octanol–water partition coefficient (Wildman–Crippen LogP) is 2.76. The van der Waals surface area contributed by atoms with Gasteiger partial charge in [-0.1, -0.05) is 15.9 Å². The molecule has 1 aliphatic heterocycles. The van der Waals surface area contributed by atoms with Crippen LogP contribution >= 0.6 is 15.9 Å². The number of carbonyl (C=O) groups is 2. The molecule has 1 aliphatic carbocycles. The number of carboxylic acid groups (broad SMARTS) is 1. The van der Waals surface area contributed by atoms with Gasteiger partial charge in [0, 0.05) is 22.6 Å². The maximum Gasteiger partial charge on any atom is 0.311 e. The first-order chi connectivity index (χ1) is 9.08. The third kappa shape index (κ3) is 2.27. The number of carbonyl (C=O) groups excluding carboxylic acids is 1. The third-order valence-electron chi connectivity index (χ3n) is 3.79. The van der Waals surface area contributed by atoms with E-state index in [4.69, 9.17) is 0 Å². The first-order valence-electron chi connectivity index (χ1n) is 6.41. The van der Waals surface area contributed by atoms with Crippen LogP contribution in [0.5, 0.6) is 0 Å². The summed E-state index contributed by atoms with van der Waals surface area (Å²) in [6.45, 7) is 0.501. The summed E-state index contributed by atoms with van der Waals surface area (Å²) in [5.41, 5.74) is 1.50. The van der Waals surface area contributed by atoms with Crippen LogP contribution < -0.4 is 4.90 Å². The maximum absolute atomic E-state index is 12.3. The van der Waals surface area contributed by atoms with Gasteiger partial charge >= 0.3 is 5.97 Å². The smallest absolute Gasteiger partial charge is 0.311 e. The van der Waals surface area contributed by atoms with Crippen LogP contribution in [0.1, 0.15) is 30.7 Å². The Morgan fingerprint density at radius 1 is 1.26 bits per heavy atom. The molecule has 100 valence electrons. The number of carboxylic acids is 1. The Kier molecular flexibility index (Phi) is 3.09. The van der Waals surface area contributed by atoms with E-state index in [0.717, 1.165) is 28.6 Å². The highest BCUT2D eigenvalue weighted by Crippen LogP contribution is 2.40. The molecule has 1 amide bonds. The van der Waals surface area contributed by atoms with E-state index in [1.807, 2.05) is 18.2 Å². The number of hydrogen-bond donors (Lipinski definition) is 1. The van der Waals surface area contributed by atoms with E-state index in [2.05, 4.69) is 15.9 Å². The van der Waals surface area contributed by atoms with Gasteiger partial charge in [0.1, 0.15) is 0 Å². The molecule has 0 saturated heterocycles. The topological polar surface area (TPSA) is 57.6 Å².